The molecule has 0 N–H and O–H groups in total. The van der Waals surface area contributed by atoms with Crippen LogP contribution < -0.4 is 0 Å². The van der Waals surface area contributed by atoms with E-state index in [-0.39, 0.29) is 17.8 Å². The molecule has 0 bridgehead atoms. The molecule has 1 amide bonds. The highest BCUT2D eigenvalue weighted by Crippen LogP contribution is 2.33. The quantitative estimate of drug-likeness (QED) is 0.307. The second kappa shape index (κ2) is 17.6. The van der Waals surface area contributed by atoms with Gasteiger partial charge in [0, 0.05) is 19.0 Å². The predicted molar refractivity (Wildman–Crippen MR) is 171 cm³/mol. The number of piperidine rings is 1. The summed E-state index contributed by atoms with van der Waals surface area (Å²) in [7, 11) is 0. The van der Waals surface area contributed by atoms with Crippen molar-refractivity contribution in [2.75, 3.05) is 13.1 Å². The van der Waals surface area contributed by atoms with Crippen molar-refractivity contribution >= 4 is 22.8 Å². The number of allylic oxidation sites excluding steroid dienone is 1. The van der Waals surface area contributed by atoms with Crippen LogP contribution in [-0.2, 0) is 4.74 Å². The first kappa shape index (κ1) is 35.9. The molecular weight excluding hydrogens is 515 g/mol. The Bertz CT molecular complexity index is 1230. The number of nitrogens with zero attached hydrogens (tertiary/aromatic N) is 2. The predicted octanol–water partition coefficient (Wildman–Crippen LogP) is 10.7. The number of fused-ring (bicyclic) bond motifs is 1. The molecule has 0 unspecified atom stereocenters. The number of carbonyl (C=O) groups is 1. The summed E-state index contributed by atoms with van der Waals surface area (Å²) in [5.41, 5.74) is 5.11. The van der Waals surface area contributed by atoms with Crippen molar-refractivity contribution in [1.82, 2.24) is 9.88 Å². The maximum atomic E-state index is 13.7. The maximum Gasteiger partial charge on any atom is 0.410 e. The fraction of sp³-hybridized carbons (Fsp3) is 0.543. The number of amides is 1. The van der Waals surface area contributed by atoms with Crippen LogP contribution in [0.15, 0.2) is 46.9 Å². The summed E-state index contributed by atoms with van der Waals surface area (Å²) in [4.78, 5) is 18.9. The van der Waals surface area contributed by atoms with Gasteiger partial charge in [0.25, 0.3) is 0 Å². The van der Waals surface area contributed by atoms with Gasteiger partial charge in [-0.25, -0.2) is 14.2 Å². The third-order valence-electron chi connectivity index (χ3n) is 6.33. The van der Waals surface area contributed by atoms with Crippen LogP contribution in [0.4, 0.5) is 9.18 Å². The van der Waals surface area contributed by atoms with E-state index < -0.39 is 5.60 Å². The van der Waals surface area contributed by atoms with E-state index in [0.717, 1.165) is 64.9 Å². The highest BCUT2D eigenvalue weighted by atomic mass is 19.1. The Morgan fingerprint density at radius 2 is 1.68 bits per heavy atom. The van der Waals surface area contributed by atoms with Crippen molar-refractivity contribution in [3.05, 3.63) is 70.9 Å². The number of likely N-dealkylation sites (tertiary alicyclic amines) is 1. The van der Waals surface area contributed by atoms with Crippen LogP contribution in [0.2, 0.25) is 0 Å². The fourth-order valence-corrected chi connectivity index (χ4v) is 4.52. The van der Waals surface area contributed by atoms with Crippen LogP contribution in [-0.4, -0.2) is 34.7 Å². The maximum absolute atomic E-state index is 13.7. The van der Waals surface area contributed by atoms with Crippen LogP contribution in [0.5, 0.6) is 0 Å². The average Bonchev–Trinajstić information content (AvgIpc) is 3.40. The molecule has 3 aromatic rings. The molecule has 0 aliphatic carbocycles. The lowest BCUT2D eigenvalue weighted by Crippen LogP contribution is -2.41. The molecule has 1 aliphatic heterocycles. The smallest absolute Gasteiger partial charge is 0.410 e. The zero-order valence-corrected chi connectivity index (χ0v) is 27.4. The summed E-state index contributed by atoms with van der Waals surface area (Å²) < 4.78 is 25.5. The monoisotopic (exact) mass is 568 g/mol. The Labute approximate surface area is 248 Å². The SMILES string of the molecule is CC.CC.CC.CCC/C=C(/c1ccc2nc(C3CCN(C(=O)OC(C)(C)C)CC3)oc2c1)c1ccc(F)cc1C. The van der Waals surface area contributed by atoms with E-state index >= 15 is 0 Å². The van der Waals surface area contributed by atoms with Gasteiger partial charge in [0.2, 0.25) is 0 Å². The summed E-state index contributed by atoms with van der Waals surface area (Å²) in [6.45, 7) is 23.0. The molecule has 0 saturated carbocycles. The number of rotatable bonds is 5. The second-order valence-electron chi connectivity index (χ2n) is 10.3. The van der Waals surface area contributed by atoms with E-state index in [4.69, 9.17) is 14.1 Å². The van der Waals surface area contributed by atoms with E-state index in [1.807, 2.05) is 87.4 Å². The molecule has 1 aromatic heterocycles. The highest BCUT2D eigenvalue weighted by Gasteiger charge is 2.29. The minimum Gasteiger partial charge on any atom is -0.444 e. The number of hydrogen-bond acceptors (Lipinski definition) is 4. The average molecular weight is 569 g/mol. The number of oxazole rings is 1. The van der Waals surface area contributed by atoms with Crippen LogP contribution >= 0.6 is 0 Å². The van der Waals surface area contributed by atoms with E-state index in [1.54, 1.807) is 11.0 Å². The van der Waals surface area contributed by atoms with Gasteiger partial charge in [-0.05, 0) is 93.5 Å². The van der Waals surface area contributed by atoms with E-state index in [1.165, 1.54) is 6.07 Å². The topological polar surface area (TPSA) is 55.6 Å². The second-order valence-corrected chi connectivity index (χ2v) is 10.3. The molecule has 228 valence electrons. The fourth-order valence-electron chi connectivity index (χ4n) is 4.52. The minimum atomic E-state index is -0.497. The Morgan fingerprint density at radius 1 is 1.05 bits per heavy atom. The summed E-state index contributed by atoms with van der Waals surface area (Å²) in [6, 6.07) is 11.0. The number of hydrogen-bond donors (Lipinski definition) is 0. The number of carbonyl (C=O) groups excluding carboxylic acids is 1. The summed E-state index contributed by atoms with van der Waals surface area (Å²) in [6.07, 6.45) is 5.48. The van der Waals surface area contributed by atoms with Gasteiger partial charge in [-0.15, -0.1) is 0 Å². The number of aryl methyl sites for hydroxylation is 1. The third kappa shape index (κ3) is 10.3. The van der Waals surface area contributed by atoms with Crippen LogP contribution in [0.1, 0.15) is 123 Å². The van der Waals surface area contributed by atoms with E-state index in [9.17, 15) is 9.18 Å². The molecule has 1 fully saturated rings. The van der Waals surface area contributed by atoms with Gasteiger partial charge >= 0.3 is 6.09 Å². The Morgan fingerprint density at radius 3 is 2.24 bits per heavy atom. The van der Waals surface area contributed by atoms with Crippen molar-refractivity contribution < 1.29 is 18.3 Å². The number of halogens is 1. The molecule has 4 rings (SSSR count). The molecule has 41 heavy (non-hydrogen) atoms. The van der Waals surface area contributed by atoms with Crippen molar-refractivity contribution in [3.63, 3.8) is 0 Å². The highest BCUT2D eigenvalue weighted by molar-refractivity contribution is 5.86. The van der Waals surface area contributed by atoms with E-state index in [2.05, 4.69) is 19.1 Å². The number of benzene rings is 2. The number of ether oxygens (including phenoxy) is 1. The Hall–Kier alpha value is -3.15. The third-order valence-corrected chi connectivity index (χ3v) is 6.33. The lowest BCUT2D eigenvalue weighted by molar-refractivity contribution is 0.0199. The number of aromatic nitrogens is 1. The van der Waals surface area contributed by atoms with Gasteiger partial charge in [0.15, 0.2) is 11.5 Å². The molecule has 2 heterocycles. The van der Waals surface area contributed by atoms with Crippen LogP contribution in [0, 0.1) is 12.7 Å². The largest absolute Gasteiger partial charge is 0.444 e. The van der Waals surface area contributed by atoms with Crippen molar-refractivity contribution in [2.24, 2.45) is 0 Å². The molecule has 1 aliphatic rings. The van der Waals surface area contributed by atoms with Gasteiger partial charge < -0.3 is 14.1 Å². The first-order chi connectivity index (χ1) is 19.6. The van der Waals surface area contributed by atoms with Crippen molar-refractivity contribution in [3.8, 4) is 0 Å². The minimum absolute atomic E-state index is 0.166. The lowest BCUT2D eigenvalue weighted by atomic mass is 9.93. The molecule has 0 spiro atoms. The zero-order chi connectivity index (χ0) is 31.2. The summed E-state index contributed by atoms with van der Waals surface area (Å²) >= 11 is 0. The molecule has 6 heteroatoms. The molecule has 5 nitrogen and oxygen atoms in total. The normalized spacial score (nSPS) is 13.8. The first-order valence-corrected chi connectivity index (χ1v) is 15.5. The zero-order valence-electron chi connectivity index (χ0n) is 27.4. The van der Waals surface area contributed by atoms with Crippen molar-refractivity contribution in [2.45, 2.75) is 113 Å². The van der Waals surface area contributed by atoms with Crippen molar-refractivity contribution in [1.29, 1.82) is 0 Å². The van der Waals surface area contributed by atoms with Gasteiger partial charge in [0.1, 0.15) is 16.9 Å². The lowest BCUT2D eigenvalue weighted by Gasteiger charge is -2.32. The van der Waals surface area contributed by atoms with Gasteiger partial charge in [-0.1, -0.05) is 73.1 Å². The van der Waals surface area contributed by atoms with Gasteiger partial charge in [-0.2, -0.15) is 0 Å². The molecule has 0 radical (unpaired) electrons. The first-order valence-electron chi connectivity index (χ1n) is 15.5. The molecule has 1 saturated heterocycles. The molecule has 2 aromatic carbocycles. The van der Waals surface area contributed by atoms with Crippen LogP contribution in [0.25, 0.3) is 16.7 Å². The number of unbranched alkanes of at least 4 members (excludes halogenated alkanes) is 1. The van der Waals surface area contributed by atoms with E-state index in [0.29, 0.717) is 13.1 Å². The Balaban J connectivity index is 0.00000131. The van der Waals surface area contributed by atoms with Gasteiger partial charge in [0.05, 0.1) is 0 Å². The molecular formula is C35H53FN2O3. The Kier molecular flexibility index (Phi) is 15.4. The molecule has 0 atom stereocenters. The summed E-state index contributed by atoms with van der Waals surface area (Å²) in [5, 5.41) is 0. The summed E-state index contributed by atoms with van der Waals surface area (Å²) in [5.74, 6) is 0.658. The van der Waals surface area contributed by atoms with Crippen LogP contribution in [0.3, 0.4) is 0 Å². The standard InChI is InChI=1S/C29H35FN2O3.3C2H6/c1-6-7-8-24(23-11-10-22(30)17-19(23)2)21-9-12-25-26(18-21)34-27(31-25)20-13-15-32(16-14-20)28(33)35-29(3,4)5;3*1-2/h8-12,17-18,20H,6-7,13-16H2,1-5H3;3*1-2H3/b24-8-;;;. The van der Waals surface area contributed by atoms with Gasteiger partial charge in [-0.3, -0.25) is 0 Å².